The molecule has 4 nitrogen and oxygen atoms in total. The number of aliphatic imine (C=N–C) groups is 1. The summed E-state index contributed by atoms with van der Waals surface area (Å²) < 4.78 is 5.08. The summed E-state index contributed by atoms with van der Waals surface area (Å²) in [6.07, 6.45) is 9.03. The topological polar surface area (TPSA) is 54.5 Å². The Bertz CT molecular complexity index is 499. The highest BCUT2D eigenvalue weighted by Crippen LogP contribution is 2.16. The number of hydrogen-bond donors (Lipinski definition) is 1. The Kier molecular flexibility index (Phi) is 6.77. The Morgan fingerprint density at radius 1 is 1.45 bits per heavy atom. The van der Waals surface area contributed by atoms with Crippen LogP contribution in [0.25, 0.3) is 0 Å². The van der Waals surface area contributed by atoms with E-state index >= 15 is 0 Å². The third kappa shape index (κ3) is 4.37. The minimum absolute atomic E-state index is 0.300. The number of carbonyl (C=O) groups is 1. The SMILES string of the molecule is CCCC/C=C\N=C(C)c1[nH]cc(C)c1C(=O)OCC. The molecule has 0 aliphatic rings. The van der Waals surface area contributed by atoms with Crippen LogP contribution in [0.2, 0.25) is 0 Å². The van der Waals surface area contributed by atoms with Crippen molar-refractivity contribution < 1.29 is 9.53 Å². The molecule has 1 rings (SSSR count). The van der Waals surface area contributed by atoms with Gasteiger partial charge in [0, 0.05) is 12.4 Å². The van der Waals surface area contributed by atoms with Crippen molar-refractivity contribution in [1.82, 2.24) is 4.98 Å². The van der Waals surface area contributed by atoms with Crippen LogP contribution in [0.1, 0.15) is 61.6 Å². The first kappa shape index (κ1) is 16.2. The van der Waals surface area contributed by atoms with Gasteiger partial charge in [0.15, 0.2) is 0 Å². The number of aromatic nitrogens is 1. The molecule has 0 radical (unpaired) electrons. The van der Waals surface area contributed by atoms with Crippen LogP contribution in [0, 0.1) is 6.92 Å². The van der Waals surface area contributed by atoms with Gasteiger partial charge in [-0.15, -0.1) is 0 Å². The molecule has 0 aliphatic carbocycles. The highest BCUT2D eigenvalue weighted by molar-refractivity contribution is 6.07. The average Bonchev–Trinajstić information content (AvgIpc) is 2.80. The summed E-state index contributed by atoms with van der Waals surface area (Å²) in [5.41, 5.74) is 2.98. The molecule has 0 saturated heterocycles. The summed E-state index contributed by atoms with van der Waals surface area (Å²) in [7, 11) is 0. The number of carbonyl (C=O) groups excluding carboxylic acids is 1. The first-order valence-corrected chi connectivity index (χ1v) is 7.16. The van der Waals surface area contributed by atoms with Crippen molar-refractivity contribution in [3.63, 3.8) is 0 Å². The van der Waals surface area contributed by atoms with E-state index in [1.165, 1.54) is 12.8 Å². The van der Waals surface area contributed by atoms with Crippen molar-refractivity contribution >= 4 is 11.7 Å². The number of aryl methyl sites for hydroxylation is 1. The molecule has 0 fully saturated rings. The molecule has 110 valence electrons. The predicted octanol–water partition coefficient (Wildman–Crippen LogP) is 4.01. The first-order chi connectivity index (χ1) is 9.61. The average molecular weight is 276 g/mol. The zero-order valence-corrected chi connectivity index (χ0v) is 12.8. The van der Waals surface area contributed by atoms with E-state index in [1.807, 2.05) is 19.9 Å². The van der Waals surface area contributed by atoms with E-state index in [1.54, 1.807) is 19.3 Å². The number of nitrogens with zero attached hydrogens (tertiary/aromatic N) is 1. The monoisotopic (exact) mass is 276 g/mol. The zero-order chi connectivity index (χ0) is 15.0. The lowest BCUT2D eigenvalue weighted by atomic mass is 10.1. The molecule has 0 atom stereocenters. The highest BCUT2D eigenvalue weighted by Gasteiger charge is 2.18. The Hall–Kier alpha value is -1.84. The molecular formula is C16H24N2O2. The van der Waals surface area contributed by atoms with Gasteiger partial charge in [0.25, 0.3) is 0 Å². The maximum absolute atomic E-state index is 12.0. The molecule has 1 N–H and O–H groups in total. The fraction of sp³-hybridized carbons (Fsp3) is 0.500. The van der Waals surface area contributed by atoms with Crippen LogP contribution in [0.3, 0.4) is 0 Å². The van der Waals surface area contributed by atoms with Crippen LogP contribution in [0.4, 0.5) is 0 Å². The van der Waals surface area contributed by atoms with Crippen LogP contribution in [0.15, 0.2) is 23.5 Å². The number of nitrogens with one attached hydrogen (secondary N) is 1. The molecule has 4 heteroatoms. The van der Waals surface area contributed by atoms with E-state index in [2.05, 4.69) is 16.9 Å². The van der Waals surface area contributed by atoms with Gasteiger partial charge in [-0.3, -0.25) is 4.99 Å². The van der Waals surface area contributed by atoms with Crippen LogP contribution >= 0.6 is 0 Å². The standard InChI is InChI=1S/C16H24N2O2/c1-5-7-8-9-10-17-13(4)15-14(12(3)11-18-15)16(19)20-6-2/h9-11,18H,5-8H2,1-4H3/b10-9-,17-13?. The van der Waals surface area contributed by atoms with E-state index in [9.17, 15) is 4.79 Å². The van der Waals surface area contributed by atoms with E-state index in [4.69, 9.17) is 4.74 Å². The Labute approximate surface area is 121 Å². The quantitative estimate of drug-likeness (QED) is 0.464. The van der Waals surface area contributed by atoms with Crippen molar-refractivity contribution in [1.29, 1.82) is 0 Å². The fourth-order valence-corrected chi connectivity index (χ4v) is 1.90. The highest BCUT2D eigenvalue weighted by atomic mass is 16.5. The number of rotatable bonds is 7. The number of allylic oxidation sites excluding steroid dienone is 1. The molecule has 1 aromatic rings. The van der Waals surface area contributed by atoms with Gasteiger partial charge in [0.05, 0.1) is 23.6 Å². The number of hydrogen-bond acceptors (Lipinski definition) is 3. The van der Waals surface area contributed by atoms with Crippen LogP contribution < -0.4 is 0 Å². The van der Waals surface area contributed by atoms with Gasteiger partial charge in [-0.2, -0.15) is 0 Å². The number of unbranched alkanes of at least 4 members (excludes halogenated alkanes) is 2. The van der Waals surface area contributed by atoms with Gasteiger partial charge < -0.3 is 9.72 Å². The lowest BCUT2D eigenvalue weighted by molar-refractivity contribution is 0.0525. The molecule has 20 heavy (non-hydrogen) atoms. The van der Waals surface area contributed by atoms with Gasteiger partial charge in [0.2, 0.25) is 0 Å². The largest absolute Gasteiger partial charge is 0.462 e. The van der Waals surface area contributed by atoms with Gasteiger partial charge in [-0.25, -0.2) is 4.79 Å². The van der Waals surface area contributed by atoms with E-state index in [0.717, 1.165) is 23.4 Å². The van der Waals surface area contributed by atoms with Crippen molar-refractivity contribution in [3.8, 4) is 0 Å². The van der Waals surface area contributed by atoms with Crippen molar-refractivity contribution in [2.75, 3.05) is 6.61 Å². The van der Waals surface area contributed by atoms with Gasteiger partial charge in [0.1, 0.15) is 0 Å². The Morgan fingerprint density at radius 2 is 2.20 bits per heavy atom. The number of ether oxygens (including phenoxy) is 1. The molecule has 0 aliphatic heterocycles. The number of H-pyrrole nitrogens is 1. The molecule has 0 unspecified atom stereocenters. The van der Waals surface area contributed by atoms with Crippen molar-refractivity contribution in [2.24, 2.45) is 4.99 Å². The smallest absolute Gasteiger partial charge is 0.340 e. The third-order valence-electron chi connectivity index (χ3n) is 3.02. The second-order valence-electron chi connectivity index (χ2n) is 4.68. The number of esters is 1. The summed E-state index contributed by atoms with van der Waals surface area (Å²) >= 11 is 0. The van der Waals surface area contributed by atoms with Crippen molar-refractivity contribution in [3.05, 3.63) is 35.3 Å². The lowest BCUT2D eigenvalue weighted by Gasteiger charge is -2.04. The van der Waals surface area contributed by atoms with Gasteiger partial charge >= 0.3 is 5.97 Å². The Balaban J connectivity index is 2.88. The molecule has 1 aromatic heterocycles. The summed E-state index contributed by atoms with van der Waals surface area (Å²) in [5, 5.41) is 0. The second-order valence-corrected chi connectivity index (χ2v) is 4.68. The van der Waals surface area contributed by atoms with Crippen LogP contribution in [-0.4, -0.2) is 23.3 Å². The fourth-order valence-electron chi connectivity index (χ4n) is 1.90. The molecule has 0 aromatic carbocycles. The molecule has 0 saturated carbocycles. The molecular weight excluding hydrogens is 252 g/mol. The zero-order valence-electron chi connectivity index (χ0n) is 12.8. The minimum atomic E-state index is -0.300. The summed E-state index contributed by atoms with van der Waals surface area (Å²) in [4.78, 5) is 19.4. The summed E-state index contributed by atoms with van der Waals surface area (Å²) in [6, 6.07) is 0. The third-order valence-corrected chi connectivity index (χ3v) is 3.02. The number of aromatic amines is 1. The summed E-state index contributed by atoms with van der Waals surface area (Å²) in [5.74, 6) is -0.300. The van der Waals surface area contributed by atoms with Gasteiger partial charge in [-0.05, 0) is 32.8 Å². The van der Waals surface area contributed by atoms with E-state index in [-0.39, 0.29) is 5.97 Å². The maximum Gasteiger partial charge on any atom is 0.340 e. The molecule has 0 bridgehead atoms. The summed E-state index contributed by atoms with van der Waals surface area (Å²) in [6.45, 7) is 8.11. The van der Waals surface area contributed by atoms with Crippen molar-refractivity contribution in [2.45, 2.75) is 47.0 Å². The molecule has 0 spiro atoms. The van der Waals surface area contributed by atoms with E-state index < -0.39 is 0 Å². The minimum Gasteiger partial charge on any atom is -0.462 e. The maximum atomic E-state index is 12.0. The molecule has 1 heterocycles. The predicted molar refractivity (Wildman–Crippen MR) is 82.4 cm³/mol. The van der Waals surface area contributed by atoms with Gasteiger partial charge in [-0.1, -0.05) is 25.8 Å². The van der Waals surface area contributed by atoms with Crippen LogP contribution in [0.5, 0.6) is 0 Å². The first-order valence-electron chi connectivity index (χ1n) is 7.16. The Morgan fingerprint density at radius 3 is 2.85 bits per heavy atom. The van der Waals surface area contributed by atoms with E-state index in [0.29, 0.717) is 12.2 Å². The second kappa shape index (κ2) is 8.35. The molecule has 0 amide bonds. The van der Waals surface area contributed by atoms with Crippen LogP contribution in [-0.2, 0) is 4.74 Å². The normalized spacial score (nSPS) is 12.1. The lowest BCUT2D eigenvalue weighted by Crippen LogP contribution is -2.10.